The second-order valence-corrected chi connectivity index (χ2v) is 8.75. The van der Waals surface area contributed by atoms with Gasteiger partial charge in [-0.3, -0.25) is 4.79 Å². The van der Waals surface area contributed by atoms with E-state index in [1.54, 1.807) is 24.3 Å². The molecule has 1 amide bonds. The molecule has 1 fully saturated rings. The average Bonchev–Trinajstić information content (AvgIpc) is 2.78. The van der Waals surface area contributed by atoms with Gasteiger partial charge in [0, 0.05) is 24.7 Å². The van der Waals surface area contributed by atoms with Crippen molar-refractivity contribution in [1.29, 1.82) is 0 Å². The number of likely N-dealkylation sites (tertiary alicyclic amines) is 1. The first-order valence-electron chi connectivity index (χ1n) is 11.3. The molecule has 0 aromatic heterocycles. The van der Waals surface area contributed by atoms with Crippen molar-refractivity contribution in [2.75, 3.05) is 40.3 Å². The van der Waals surface area contributed by atoms with Crippen molar-refractivity contribution in [2.24, 2.45) is 0 Å². The molecule has 0 aliphatic carbocycles. The Morgan fingerprint density at radius 2 is 1.70 bits per heavy atom. The summed E-state index contributed by atoms with van der Waals surface area (Å²) in [5.41, 5.74) is 0.708. The first kappa shape index (κ1) is 25.1. The summed E-state index contributed by atoms with van der Waals surface area (Å²) < 4.78 is 43.4. The minimum atomic E-state index is -4.36. The maximum atomic E-state index is 12.6. The second kappa shape index (κ2) is 11.5. The lowest BCUT2D eigenvalue weighted by Crippen LogP contribution is -2.45. The van der Waals surface area contributed by atoms with Crippen LogP contribution in [0.1, 0.15) is 40.7 Å². The van der Waals surface area contributed by atoms with Crippen molar-refractivity contribution >= 4 is 5.91 Å². The molecule has 0 atom stereocenters. The smallest absolute Gasteiger partial charge is 0.416 e. The van der Waals surface area contributed by atoms with Crippen LogP contribution >= 0.6 is 0 Å². The first-order chi connectivity index (χ1) is 15.7. The zero-order valence-electron chi connectivity index (χ0n) is 19.2. The number of carbonyl (C=O) groups is 1. The lowest BCUT2D eigenvalue weighted by Gasteiger charge is -2.32. The molecule has 0 radical (unpaired) electrons. The SMILES string of the molecule is CN(C)CCCN1CCC(NC(=O)c2ccc(COc3ccc(C(F)(F)F)cc3)cc2)CC1. The van der Waals surface area contributed by atoms with Gasteiger partial charge in [0.25, 0.3) is 5.91 Å². The van der Waals surface area contributed by atoms with E-state index in [2.05, 4.69) is 29.2 Å². The number of piperidine rings is 1. The number of halogens is 3. The zero-order chi connectivity index (χ0) is 23.8. The highest BCUT2D eigenvalue weighted by Gasteiger charge is 2.30. The van der Waals surface area contributed by atoms with Gasteiger partial charge in [-0.05, 0) is 88.4 Å². The Labute approximate surface area is 193 Å². The van der Waals surface area contributed by atoms with Crippen LogP contribution in [0.4, 0.5) is 13.2 Å². The molecule has 3 rings (SSSR count). The van der Waals surface area contributed by atoms with Gasteiger partial charge in [0.1, 0.15) is 12.4 Å². The van der Waals surface area contributed by atoms with E-state index in [1.165, 1.54) is 12.1 Å². The van der Waals surface area contributed by atoms with Crippen molar-refractivity contribution in [3.05, 3.63) is 65.2 Å². The Hall–Kier alpha value is -2.58. The van der Waals surface area contributed by atoms with Gasteiger partial charge in [-0.2, -0.15) is 13.2 Å². The fourth-order valence-corrected chi connectivity index (χ4v) is 3.84. The van der Waals surface area contributed by atoms with Gasteiger partial charge in [-0.25, -0.2) is 0 Å². The minimum Gasteiger partial charge on any atom is -0.489 e. The van der Waals surface area contributed by atoms with E-state index in [1.807, 2.05) is 0 Å². The Morgan fingerprint density at radius 1 is 1.06 bits per heavy atom. The lowest BCUT2D eigenvalue weighted by atomic mass is 10.0. The Balaban J connectivity index is 1.41. The van der Waals surface area contributed by atoms with Crippen LogP contribution in [-0.2, 0) is 12.8 Å². The van der Waals surface area contributed by atoms with Crippen molar-refractivity contribution in [3.8, 4) is 5.75 Å². The molecule has 5 nitrogen and oxygen atoms in total. The van der Waals surface area contributed by atoms with E-state index in [0.717, 1.165) is 63.1 Å². The third-order valence-electron chi connectivity index (χ3n) is 5.81. The Kier molecular flexibility index (Phi) is 8.74. The topological polar surface area (TPSA) is 44.8 Å². The van der Waals surface area contributed by atoms with Crippen LogP contribution in [-0.4, -0.2) is 62.0 Å². The fourth-order valence-electron chi connectivity index (χ4n) is 3.84. The summed E-state index contributed by atoms with van der Waals surface area (Å²) in [6.07, 6.45) is -1.31. The van der Waals surface area contributed by atoms with Crippen LogP contribution in [0.25, 0.3) is 0 Å². The Morgan fingerprint density at radius 3 is 2.27 bits per heavy atom. The van der Waals surface area contributed by atoms with E-state index >= 15 is 0 Å². The summed E-state index contributed by atoms with van der Waals surface area (Å²) in [7, 11) is 4.17. The number of hydrogen-bond donors (Lipinski definition) is 1. The number of nitrogens with zero attached hydrogens (tertiary/aromatic N) is 2. The molecule has 1 aliphatic rings. The molecule has 1 aliphatic heterocycles. The summed E-state index contributed by atoms with van der Waals surface area (Å²) in [6.45, 7) is 4.38. The molecule has 1 heterocycles. The second-order valence-electron chi connectivity index (χ2n) is 8.75. The van der Waals surface area contributed by atoms with Crippen molar-refractivity contribution in [1.82, 2.24) is 15.1 Å². The van der Waals surface area contributed by atoms with Crippen molar-refractivity contribution in [2.45, 2.75) is 38.1 Å². The molecule has 180 valence electrons. The number of benzene rings is 2. The molecule has 0 saturated carbocycles. The van der Waals surface area contributed by atoms with Gasteiger partial charge >= 0.3 is 6.18 Å². The zero-order valence-corrected chi connectivity index (χ0v) is 19.2. The van der Waals surface area contributed by atoms with Crippen molar-refractivity contribution in [3.63, 3.8) is 0 Å². The molecule has 33 heavy (non-hydrogen) atoms. The van der Waals surface area contributed by atoms with Gasteiger partial charge in [0.2, 0.25) is 0 Å². The standard InChI is InChI=1S/C25H32F3N3O2/c1-30(2)14-3-15-31-16-12-22(13-17-31)29-24(32)20-6-4-19(5-7-20)18-33-23-10-8-21(9-11-23)25(26,27)28/h4-11,22H,3,12-18H2,1-2H3,(H,29,32). The van der Waals surface area contributed by atoms with Crippen LogP contribution in [0.3, 0.4) is 0 Å². The van der Waals surface area contributed by atoms with E-state index in [0.29, 0.717) is 11.3 Å². The normalized spacial score (nSPS) is 15.6. The number of rotatable bonds is 9. The third-order valence-corrected chi connectivity index (χ3v) is 5.81. The van der Waals surface area contributed by atoms with Gasteiger partial charge < -0.3 is 19.9 Å². The summed E-state index contributed by atoms with van der Waals surface area (Å²) in [6, 6.07) is 11.9. The molecular formula is C25H32F3N3O2. The van der Waals surface area contributed by atoms with E-state index < -0.39 is 11.7 Å². The highest BCUT2D eigenvalue weighted by Crippen LogP contribution is 2.30. The van der Waals surface area contributed by atoms with Gasteiger partial charge in [0.15, 0.2) is 0 Å². The largest absolute Gasteiger partial charge is 0.489 e. The quantitative estimate of drug-likeness (QED) is 0.598. The van der Waals surface area contributed by atoms with Gasteiger partial charge in [0.05, 0.1) is 5.56 Å². The van der Waals surface area contributed by atoms with Gasteiger partial charge in [-0.1, -0.05) is 12.1 Å². The van der Waals surface area contributed by atoms with Crippen molar-refractivity contribution < 1.29 is 22.7 Å². The van der Waals surface area contributed by atoms with E-state index in [4.69, 9.17) is 4.74 Å². The molecule has 0 unspecified atom stereocenters. The predicted molar refractivity (Wildman–Crippen MR) is 122 cm³/mol. The van der Waals surface area contributed by atoms with Crippen LogP contribution in [0.2, 0.25) is 0 Å². The summed E-state index contributed by atoms with van der Waals surface area (Å²) >= 11 is 0. The molecule has 0 spiro atoms. The fraction of sp³-hybridized carbons (Fsp3) is 0.480. The Bertz CT molecular complexity index is 875. The molecular weight excluding hydrogens is 431 g/mol. The molecule has 0 bridgehead atoms. The number of hydrogen-bond acceptors (Lipinski definition) is 4. The molecule has 1 saturated heterocycles. The number of nitrogens with one attached hydrogen (secondary N) is 1. The molecule has 2 aromatic rings. The lowest BCUT2D eigenvalue weighted by molar-refractivity contribution is -0.137. The van der Waals surface area contributed by atoms with E-state index in [9.17, 15) is 18.0 Å². The minimum absolute atomic E-state index is 0.0868. The first-order valence-corrected chi connectivity index (χ1v) is 11.3. The average molecular weight is 464 g/mol. The van der Waals surface area contributed by atoms with E-state index in [-0.39, 0.29) is 18.6 Å². The number of ether oxygens (including phenoxy) is 1. The summed E-state index contributed by atoms with van der Waals surface area (Å²) in [4.78, 5) is 17.2. The highest BCUT2D eigenvalue weighted by molar-refractivity contribution is 5.94. The summed E-state index contributed by atoms with van der Waals surface area (Å²) in [5.74, 6) is 0.272. The third kappa shape index (κ3) is 8.05. The molecule has 8 heteroatoms. The highest BCUT2D eigenvalue weighted by atomic mass is 19.4. The number of amides is 1. The van der Waals surface area contributed by atoms with Crippen LogP contribution in [0, 0.1) is 0 Å². The van der Waals surface area contributed by atoms with Crippen LogP contribution in [0.15, 0.2) is 48.5 Å². The number of alkyl halides is 3. The monoisotopic (exact) mass is 463 g/mol. The van der Waals surface area contributed by atoms with Gasteiger partial charge in [-0.15, -0.1) is 0 Å². The molecule has 1 N–H and O–H groups in total. The molecule has 2 aromatic carbocycles. The van der Waals surface area contributed by atoms with Crippen LogP contribution in [0.5, 0.6) is 5.75 Å². The number of carbonyl (C=O) groups excluding carboxylic acids is 1. The summed E-state index contributed by atoms with van der Waals surface area (Å²) in [5, 5.41) is 3.13. The maximum Gasteiger partial charge on any atom is 0.416 e. The predicted octanol–water partition coefficient (Wildman–Crippen LogP) is 4.43. The van der Waals surface area contributed by atoms with Crippen LogP contribution < -0.4 is 10.1 Å². The maximum absolute atomic E-state index is 12.6.